The maximum atomic E-state index is 11.6. The third kappa shape index (κ3) is 5.52. The van der Waals surface area contributed by atoms with Gasteiger partial charge in [-0.2, -0.15) is 5.10 Å². The molecule has 0 spiro atoms. The van der Waals surface area contributed by atoms with E-state index in [4.69, 9.17) is 21.1 Å². The molecule has 0 bridgehead atoms. The largest absolute Gasteiger partial charge is 0.493 e. The molecule has 0 aliphatic carbocycles. The van der Waals surface area contributed by atoms with Gasteiger partial charge < -0.3 is 14.6 Å². The summed E-state index contributed by atoms with van der Waals surface area (Å²) in [6.45, 7) is 0.0543. The number of nitro groups is 1. The number of halogens is 1. The van der Waals surface area contributed by atoms with Gasteiger partial charge in [-0.25, -0.2) is 4.79 Å². The average molecular weight is 456 g/mol. The third-order valence-corrected chi connectivity index (χ3v) is 4.54. The van der Waals surface area contributed by atoms with Crippen LogP contribution in [-0.2, 0) is 6.61 Å². The zero-order valence-corrected chi connectivity index (χ0v) is 17.6. The minimum Gasteiger partial charge on any atom is -0.493 e. The fourth-order valence-corrected chi connectivity index (χ4v) is 3.05. The number of carbonyl (C=O) groups is 1. The van der Waals surface area contributed by atoms with Crippen molar-refractivity contribution in [3.8, 4) is 11.5 Å². The highest BCUT2D eigenvalue weighted by Crippen LogP contribution is 2.38. The number of carboxylic acids is 1. The fourth-order valence-electron chi connectivity index (χ4n) is 2.84. The molecule has 10 heteroatoms. The van der Waals surface area contributed by atoms with Crippen LogP contribution in [0.2, 0.25) is 5.02 Å². The Morgan fingerprint density at radius 3 is 2.69 bits per heavy atom. The van der Waals surface area contributed by atoms with Crippen molar-refractivity contribution in [1.29, 1.82) is 0 Å². The number of methoxy groups -OCH3 is 1. The lowest BCUT2D eigenvalue weighted by atomic mass is 10.1. The number of hydrogen-bond acceptors (Lipinski definition) is 7. The lowest BCUT2D eigenvalue weighted by molar-refractivity contribution is -0.386. The first-order valence-corrected chi connectivity index (χ1v) is 9.62. The first kappa shape index (κ1) is 22.6. The second kappa shape index (κ2) is 10.3. The maximum absolute atomic E-state index is 11.6. The van der Waals surface area contributed by atoms with E-state index >= 15 is 0 Å². The van der Waals surface area contributed by atoms with Crippen LogP contribution in [0.25, 0.3) is 0 Å². The molecular weight excluding hydrogens is 438 g/mol. The van der Waals surface area contributed by atoms with Crippen LogP contribution in [0.1, 0.15) is 21.5 Å². The summed E-state index contributed by atoms with van der Waals surface area (Å²) in [6.07, 6.45) is 1.31. The lowest BCUT2D eigenvalue weighted by Crippen LogP contribution is -2.04. The molecule has 3 aromatic rings. The Balaban J connectivity index is 1.85. The van der Waals surface area contributed by atoms with Gasteiger partial charge in [0.2, 0.25) is 5.75 Å². The van der Waals surface area contributed by atoms with Crippen molar-refractivity contribution in [2.24, 2.45) is 5.10 Å². The first-order valence-electron chi connectivity index (χ1n) is 9.24. The molecule has 0 saturated heterocycles. The number of rotatable bonds is 9. The van der Waals surface area contributed by atoms with E-state index in [9.17, 15) is 20.0 Å². The molecule has 0 radical (unpaired) electrons. The number of hydrogen-bond donors (Lipinski definition) is 2. The van der Waals surface area contributed by atoms with E-state index in [1.165, 1.54) is 31.5 Å². The third-order valence-electron chi connectivity index (χ3n) is 4.30. The number of nitrogens with zero attached hydrogens (tertiary/aromatic N) is 2. The van der Waals surface area contributed by atoms with Gasteiger partial charge >= 0.3 is 11.7 Å². The molecule has 0 aliphatic rings. The number of nitrogens with one attached hydrogen (secondary N) is 1. The zero-order chi connectivity index (χ0) is 23.1. The van der Waals surface area contributed by atoms with Crippen LogP contribution in [0, 0.1) is 10.1 Å². The smallest absolute Gasteiger partial charge is 0.337 e. The van der Waals surface area contributed by atoms with E-state index < -0.39 is 10.9 Å². The highest BCUT2D eigenvalue weighted by Gasteiger charge is 2.22. The van der Waals surface area contributed by atoms with E-state index in [2.05, 4.69) is 10.5 Å². The van der Waals surface area contributed by atoms with Crippen molar-refractivity contribution in [2.45, 2.75) is 6.61 Å². The topological polar surface area (TPSA) is 123 Å². The van der Waals surface area contributed by atoms with Gasteiger partial charge in [0, 0.05) is 16.7 Å². The number of ether oxygens (including phenoxy) is 2. The summed E-state index contributed by atoms with van der Waals surface area (Å²) in [6, 6.07) is 16.0. The Kier molecular flexibility index (Phi) is 7.25. The van der Waals surface area contributed by atoms with E-state index in [1.54, 1.807) is 42.5 Å². The van der Waals surface area contributed by atoms with Gasteiger partial charge in [0.1, 0.15) is 6.61 Å². The summed E-state index contributed by atoms with van der Waals surface area (Å²) in [5.41, 5.74) is 3.73. The van der Waals surface area contributed by atoms with Gasteiger partial charge in [0.25, 0.3) is 0 Å². The van der Waals surface area contributed by atoms with E-state index in [0.717, 1.165) is 5.56 Å². The van der Waals surface area contributed by atoms with Crippen LogP contribution in [0.3, 0.4) is 0 Å². The number of anilines is 1. The van der Waals surface area contributed by atoms with Crippen molar-refractivity contribution in [1.82, 2.24) is 0 Å². The van der Waals surface area contributed by atoms with E-state index in [1.807, 2.05) is 0 Å². The van der Waals surface area contributed by atoms with Gasteiger partial charge in [-0.05, 0) is 35.9 Å². The molecule has 164 valence electrons. The van der Waals surface area contributed by atoms with Crippen LogP contribution in [0.15, 0.2) is 65.8 Å². The molecule has 0 amide bonds. The summed E-state index contributed by atoms with van der Waals surface area (Å²) in [4.78, 5) is 22.3. The second-order valence-corrected chi connectivity index (χ2v) is 6.90. The molecule has 0 saturated carbocycles. The number of nitro benzene ring substituents is 1. The Labute approximate surface area is 188 Å². The summed E-state index contributed by atoms with van der Waals surface area (Å²) >= 11 is 5.97. The van der Waals surface area contributed by atoms with E-state index in [-0.39, 0.29) is 35.0 Å². The fraction of sp³-hybridized carbons (Fsp3) is 0.0909. The van der Waals surface area contributed by atoms with Gasteiger partial charge in [-0.1, -0.05) is 35.9 Å². The highest BCUT2D eigenvalue weighted by molar-refractivity contribution is 6.30. The molecule has 0 heterocycles. The van der Waals surface area contributed by atoms with Crippen molar-refractivity contribution in [3.05, 3.63) is 92.5 Å². The zero-order valence-electron chi connectivity index (χ0n) is 16.8. The average Bonchev–Trinajstić information content (AvgIpc) is 2.77. The molecule has 0 fully saturated rings. The lowest BCUT2D eigenvalue weighted by Gasteiger charge is -2.12. The Morgan fingerprint density at radius 2 is 2.00 bits per heavy atom. The van der Waals surface area contributed by atoms with Crippen molar-refractivity contribution >= 4 is 35.2 Å². The standard InChI is InChI=1S/C22H18ClN3O6/c1-31-20-11-15(12-24-25-18-8-3-2-7-17(18)22(27)28)10-19(26(29)30)21(20)32-13-14-5-4-6-16(23)9-14/h2-12,25H,13H2,1H3,(H,27,28). The van der Waals surface area contributed by atoms with Crippen LogP contribution >= 0.6 is 11.6 Å². The first-order chi connectivity index (χ1) is 15.4. The number of carboxylic acid groups (broad SMARTS) is 1. The van der Waals surface area contributed by atoms with Crippen LogP contribution in [-0.4, -0.2) is 29.3 Å². The normalized spacial score (nSPS) is 10.7. The second-order valence-electron chi connectivity index (χ2n) is 6.47. The molecule has 32 heavy (non-hydrogen) atoms. The van der Waals surface area contributed by atoms with Gasteiger partial charge in [-0.3, -0.25) is 15.5 Å². The van der Waals surface area contributed by atoms with Crippen LogP contribution in [0.4, 0.5) is 11.4 Å². The molecule has 0 unspecified atom stereocenters. The Morgan fingerprint density at radius 1 is 1.22 bits per heavy atom. The molecule has 9 nitrogen and oxygen atoms in total. The predicted octanol–water partition coefficient (Wildman–Crippen LogP) is 4.98. The highest BCUT2D eigenvalue weighted by atomic mass is 35.5. The summed E-state index contributed by atoms with van der Waals surface area (Å²) < 4.78 is 11.0. The van der Waals surface area contributed by atoms with Gasteiger partial charge in [-0.15, -0.1) is 0 Å². The summed E-state index contributed by atoms with van der Waals surface area (Å²) in [5, 5.41) is 25.4. The van der Waals surface area contributed by atoms with Crippen molar-refractivity contribution in [3.63, 3.8) is 0 Å². The van der Waals surface area contributed by atoms with E-state index in [0.29, 0.717) is 10.6 Å². The summed E-state index contributed by atoms with van der Waals surface area (Å²) in [5.74, 6) is -0.991. The molecule has 0 aromatic heterocycles. The quantitative estimate of drug-likeness (QED) is 0.265. The van der Waals surface area contributed by atoms with Crippen molar-refractivity contribution < 1.29 is 24.3 Å². The Hall–Kier alpha value is -4.11. The monoisotopic (exact) mass is 455 g/mol. The molecular formula is C22H18ClN3O6. The Bertz CT molecular complexity index is 1180. The molecule has 3 rings (SSSR count). The molecule has 2 N–H and O–H groups in total. The predicted molar refractivity (Wildman–Crippen MR) is 120 cm³/mol. The van der Waals surface area contributed by atoms with Crippen LogP contribution < -0.4 is 14.9 Å². The van der Waals surface area contributed by atoms with Gasteiger partial charge in [0.15, 0.2) is 5.75 Å². The summed E-state index contributed by atoms with van der Waals surface area (Å²) in [7, 11) is 1.37. The minimum absolute atomic E-state index is 0.0289. The van der Waals surface area contributed by atoms with Crippen molar-refractivity contribution in [2.75, 3.05) is 12.5 Å². The van der Waals surface area contributed by atoms with Gasteiger partial charge in [0.05, 0.1) is 29.5 Å². The van der Waals surface area contributed by atoms with Crippen LogP contribution in [0.5, 0.6) is 11.5 Å². The number of para-hydroxylation sites is 1. The number of hydrazone groups is 1. The molecule has 0 aliphatic heterocycles. The molecule has 0 atom stereocenters. The number of aromatic carboxylic acids is 1. The SMILES string of the molecule is COc1cc(C=NNc2ccccc2C(=O)O)cc([N+](=O)[O-])c1OCc1cccc(Cl)c1. The minimum atomic E-state index is -1.11. The maximum Gasteiger partial charge on any atom is 0.337 e. The molecule has 3 aromatic carbocycles. The number of benzene rings is 3.